The molecule has 3 aromatic rings. The predicted molar refractivity (Wildman–Crippen MR) is 81.3 cm³/mol. The first-order valence-electron chi connectivity index (χ1n) is 6.72. The van der Waals surface area contributed by atoms with Gasteiger partial charge < -0.3 is 14.8 Å². The van der Waals surface area contributed by atoms with E-state index in [0.717, 1.165) is 11.0 Å². The number of imidazole rings is 1. The molecule has 2 aromatic heterocycles. The van der Waals surface area contributed by atoms with Crippen molar-refractivity contribution in [3.05, 3.63) is 36.7 Å². The van der Waals surface area contributed by atoms with Crippen molar-refractivity contribution in [2.75, 3.05) is 0 Å². The van der Waals surface area contributed by atoms with Crippen LogP contribution in [0.25, 0.3) is 22.4 Å². The Labute approximate surface area is 122 Å². The van der Waals surface area contributed by atoms with Crippen LogP contribution in [0.3, 0.4) is 0 Å². The fourth-order valence-electron chi connectivity index (χ4n) is 2.53. The Balaban J connectivity index is 2.36. The van der Waals surface area contributed by atoms with Crippen molar-refractivity contribution in [1.82, 2.24) is 14.5 Å². The van der Waals surface area contributed by atoms with Gasteiger partial charge in [-0.1, -0.05) is 0 Å². The van der Waals surface area contributed by atoms with E-state index < -0.39 is 0 Å². The maximum atomic E-state index is 9.71. The summed E-state index contributed by atoms with van der Waals surface area (Å²) in [6, 6.07) is 6.40. The van der Waals surface area contributed by atoms with Gasteiger partial charge in [0.2, 0.25) is 0 Å². The van der Waals surface area contributed by atoms with Crippen LogP contribution in [0, 0.1) is 0 Å². The zero-order valence-corrected chi connectivity index (χ0v) is 12.2. The average molecular weight is 283 g/mol. The van der Waals surface area contributed by atoms with Crippen LogP contribution in [-0.4, -0.2) is 24.7 Å². The van der Waals surface area contributed by atoms with E-state index >= 15 is 0 Å². The topological polar surface area (TPSA) is 71.2 Å². The summed E-state index contributed by atoms with van der Waals surface area (Å²) in [5.74, 6) is 0.711. The monoisotopic (exact) mass is 283 g/mol. The van der Waals surface area contributed by atoms with E-state index in [2.05, 4.69) is 35.3 Å². The predicted octanol–water partition coefficient (Wildman–Crippen LogP) is 3.26. The van der Waals surface area contributed by atoms with Crippen molar-refractivity contribution >= 4 is 11.0 Å². The summed E-state index contributed by atoms with van der Waals surface area (Å²) in [7, 11) is 0. The number of phenolic OH excluding ortho intramolecular Hbond substituents is 2. The van der Waals surface area contributed by atoms with Crippen LogP contribution in [0.1, 0.15) is 20.8 Å². The summed E-state index contributed by atoms with van der Waals surface area (Å²) in [5.41, 5.74) is 2.21. The minimum Gasteiger partial charge on any atom is -0.508 e. The molecule has 0 atom stereocenters. The van der Waals surface area contributed by atoms with Crippen molar-refractivity contribution in [1.29, 1.82) is 0 Å². The molecule has 108 valence electrons. The van der Waals surface area contributed by atoms with Crippen LogP contribution in [0.2, 0.25) is 0 Å². The summed E-state index contributed by atoms with van der Waals surface area (Å²) in [5, 5.41) is 19.4. The molecular weight excluding hydrogens is 266 g/mol. The molecule has 0 amide bonds. The molecule has 1 aromatic carbocycles. The summed E-state index contributed by atoms with van der Waals surface area (Å²) in [6.07, 6.45) is 3.44. The highest BCUT2D eigenvalue weighted by molar-refractivity contribution is 5.80. The SMILES string of the molecule is CC(C)(C)n1c(-c2cc(O)cc(O)c2)nc2cnccc21. The van der Waals surface area contributed by atoms with Crippen molar-refractivity contribution in [3.63, 3.8) is 0 Å². The quantitative estimate of drug-likeness (QED) is 0.719. The normalized spacial score (nSPS) is 12.0. The number of phenols is 2. The number of nitrogens with zero attached hydrogens (tertiary/aromatic N) is 3. The third-order valence-electron chi connectivity index (χ3n) is 3.29. The number of hydrogen-bond donors (Lipinski definition) is 2. The largest absolute Gasteiger partial charge is 0.508 e. The second-order valence-electron chi connectivity index (χ2n) is 6.04. The molecule has 0 saturated carbocycles. The Morgan fingerprint density at radius 3 is 2.33 bits per heavy atom. The number of aromatic nitrogens is 3. The van der Waals surface area contributed by atoms with Gasteiger partial charge in [0.15, 0.2) is 0 Å². The Morgan fingerprint density at radius 2 is 1.71 bits per heavy atom. The molecule has 5 nitrogen and oxygen atoms in total. The lowest BCUT2D eigenvalue weighted by Crippen LogP contribution is -2.22. The van der Waals surface area contributed by atoms with Crippen molar-refractivity contribution in [2.45, 2.75) is 26.3 Å². The first-order valence-corrected chi connectivity index (χ1v) is 6.72. The molecule has 2 N–H and O–H groups in total. The molecule has 0 saturated heterocycles. The van der Waals surface area contributed by atoms with Crippen LogP contribution in [0.15, 0.2) is 36.7 Å². The lowest BCUT2D eigenvalue weighted by molar-refractivity contribution is 0.412. The summed E-state index contributed by atoms with van der Waals surface area (Å²) in [6.45, 7) is 6.25. The highest BCUT2D eigenvalue weighted by Crippen LogP contribution is 2.34. The van der Waals surface area contributed by atoms with Gasteiger partial charge in [-0.15, -0.1) is 0 Å². The molecule has 3 rings (SSSR count). The number of pyridine rings is 1. The standard InChI is InChI=1S/C16H17N3O2/c1-16(2,3)19-14-4-5-17-9-13(14)18-15(19)10-6-11(20)8-12(21)7-10/h4-9,20-21H,1-3H3. The van der Waals surface area contributed by atoms with Crippen LogP contribution in [0.5, 0.6) is 11.5 Å². The molecular formula is C16H17N3O2. The molecule has 0 fully saturated rings. The van der Waals surface area contributed by atoms with E-state index in [4.69, 9.17) is 0 Å². The maximum absolute atomic E-state index is 9.71. The summed E-state index contributed by atoms with van der Waals surface area (Å²) >= 11 is 0. The van der Waals surface area contributed by atoms with Gasteiger partial charge in [0.25, 0.3) is 0 Å². The van der Waals surface area contributed by atoms with E-state index in [-0.39, 0.29) is 17.0 Å². The van der Waals surface area contributed by atoms with Crippen molar-refractivity contribution < 1.29 is 10.2 Å². The number of rotatable bonds is 1. The minimum atomic E-state index is -0.202. The smallest absolute Gasteiger partial charge is 0.141 e. The van der Waals surface area contributed by atoms with Crippen molar-refractivity contribution in [3.8, 4) is 22.9 Å². The summed E-state index contributed by atoms with van der Waals surface area (Å²) in [4.78, 5) is 8.71. The molecule has 21 heavy (non-hydrogen) atoms. The van der Waals surface area contributed by atoms with Crippen molar-refractivity contribution in [2.24, 2.45) is 0 Å². The maximum Gasteiger partial charge on any atom is 0.141 e. The Kier molecular flexibility index (Phi) is 2.86. The lowest BCUT2D eigenvalue weighted by atomic mass is 10.1. The number of aromatic hydroxyl groups is 2. The molecule has 0 aliphatic carbocycles. The van der Waals surface area contributed by atoms with Crippen LogP contribution < -0.4 is 0 Å². The fourth-order valence-corrected chi connectivity index (χ4v) is 2.53. The number of hydrogen-bond acceptors (Lipinski definition) is 4. The van der Waals surface area contributed by atoms with Crippen LogP contribution >= 0.6 is 0 Å². The fraction of sp³-hybridized carbons (Fsp3) is 0.250. The number of fused-ring (bicyclic) bond motifs is 1. The van der Waals surface area contributed by atoms with E-state index in [0.29, 0.717) is 11.4 Å². The highest BCUT2D eigenvalue weighted by Gasteiger charge is 2.22. The molecule has 0 aliphatic rings. The van der Waals surface area contributed by atoms with Gasteiger partial charge in [0.1, 0.15) is 22.8 Å². The van der Waals surface area contributed by atoms with Gasteiger partial charge in [-0.25, -0.2) is 4.98 Å². The third-order valence-corrected chi connectivity index (χ3v) is 3.29. The molecule has 5 heteroatoms. The highest BCUT2D eigenvalue weighted by atomic mass is 16.3. The van der Waals surface area contributed by atoms with E-state index in [9.17, 15) is 10.2 Å². The second kappa shape index (κ2) is 4.48. The third kappa shape index (κ3) is 2.31. The zero-order valence-electron chi connectivity index (χ0n) is 12.2. The van der Waals surface area contributed by atoms with Gasteiger partial charge >= 0.3 is 0 Å². The zero-order chi connectivity index (χ0) is 15.2. The minimum absolute atomic E-state index is 0.00985. The molecule has 0 spiro atoms. The van der Waals surface area contributed by atoms with Crippen LogP contribution in [-0.2, 0) is 5.54 Å². The van der Waals surface area contributed by atoms with Crippen LogP contribution in [0.4, 0.5) is 0 Å². The van der Waals surface area contributed by atoms with Gasteiger partial charge in [-0.05, 0) is 39.0 Å². The number of benzene rings is 1. The second-order valence-corrected chi connectivity index (χ2v) is 6.04. The summed E-state index contributed by atoms with van der Waals surface area (Å²) < 4.78 is 2.08. The van der Waals surface area contributed by atoms with Gasteiger partial charge in [0.05, 0.1) is 11.7 Å². The first kappa shape index (κ1) is 13.4. The Hall–Kier alpha value is -2.56. The molecule has 0 bridgehead atoms. The Morgan fingerprint density at radius 1 is 1.05 bits per heavy atom. The molecule has 2 heterocycles. The Bertz CT molecular complexity index is 796. The van der Waals surface area contributed by atoms with E-state index in [1.54, 1.807) is 24.5 Å². The average Bonchev–Trinajstić information content (AvgIpc) is 2.76. The van der Waals surface area contributed by atoms with E-state index in [1.165, 1.54) is 6.07 Å². The molecule has 0 aliphatic heterocycles. The van der Waals surface area contributed by atoms with Gasteiger partial charge in [0, 0.05) is 23.4 Å². The molecule has 0 radical (unpaired) electrons. The molecule has 0 unspecified atom stereocenters. The first-order chi connectivity index (χ1) is 9.86. The van der Waals surface area contributed by atoms with Gasteiger partial charge in [-0.3, -0.25) is 4.98 Å². The lowest BCUT2D eigenvalue weighted by Gasteiger charge is -2.24. The van der Waals surface area contributed by atoms with E-state index in [1.807, 2.05) is 6.07 Å². The van der Waals surface area contributed by atoms with Gasteiger partial charge in [-0.2, -0.15) is 0 Å².